The smallest absolute Gasteiger partial charge is 0.119 e. The van der Waals surface area contributed by atoms with E-state index < -0.39 is 6.10 Å². The first-order valence-corrected chi connectivity index (χ1v) is 11.0. The highest BCUT2D eigenvalue weighted by Gasteiger charge is 2.15. The van der Waals surface area contributed by atoms with Gasteiger partial charge in [0.05, 0.1) is 13.2 Å². The standard InChI is InChI=1S/C22H30N2O3S/c1-28-22-7-5-18(6-8-22)14-23-15-19-3-2-4-21(13-19)27-17-20(25)16-24-9-11-26-12-10-24/h2-8,13,20,23,25H,9-12,14-17H2,1H3. The van der Waals surface area contributed by atoms with Gasteiger partial charge in [0.2, 0.25) is 0 Å². The van der Waals surface area contributed by atoms with Gasteiger partial charge in [-0.2, -0.15) is 0 Å². The first kappa shape index (κ1) is 21.1. The van der Waals surface area contributed by atoms with Gasteiger partial charge in [0.1, 0.15) is 18.5 Å². The van der Waals surface area contributed by atoms with Crippen molar-refractivity contribution in [3.63, 3.8) is 0 Å². The van der Waals surface area contributed by atoms with E-state index in [4.69, 9.17) is 9.47 Å². The molecule has 0 bridgehead atoms. The van der Waals surface area contributed by atoms with Crippen LogP contribution in [0, 0.1) is 0 Å². The highest BCUT2D eigenvalue weighted by atomic mass is 32.2. The lowest BCUT2D eigenvalue weighted by atomic mass is 10.2. The van der Waals surface area contributed by atoms with Crippen molar-refractivity contribution in [3.8, 4) is 5.75 Å². The number of aliphatic hydroxyl groups excluding tert-OH is 1. The van der Waals surface area contributed by atoms with Crippen molar-refractivity contribution in [2.45, 2.75) is 24.1 Å². The average Bonchev–Trinajstić information content (AvgIpc) is 2.74. The summed E-state index contributed by atoms with van der Waals surface area (Å²) in [4.78, 5) is 3.49. The lowest BCUT2D eigenvalue weighted by molar-refractivity contribution is 0.00465. The Morgan fingerprint density at radius 1 is 1.11 bits per heavy atom. The van der Waals surface area contributed by atoms with Crippen LogP contribution in [-0.2, 0) is 17.8 Å². The summed E-state index contributed by atoms with van der Waals surface area (Å²) >= 11 is 1.76. The van der Waals surface area contributed by atoms with E-state index in [2.05, 4.69) is 46.8 Å². The van der Waals surface area contributed by atoms with E-state index in [0.29, 0.717) is 13.2 Å². The van der Waals surface area contributed by atoms with Crippen molar-refractivity contribution < 1.29 is 14.6 Å². The SMILES string of the molecule is CSc1ccc(CNCc2cccc(OCC(O)CN3CCOCC3)c2)cc1. The minimum absolute atomic E-state index is 0.302. The quantitative estimate of drug-likeness (QED) is 0.596. The van der Waals surface area contributed by atoms with Crippen LogP contribution in [0.4, 0.5) is 0 Å². The Labute approximate surface area is 172 Å². The molecule has 2 aromatic carbocycles. The number of hydrogen-bond donors (Lipinski definition) is 2. The second-order valence-electron chi connectivity index (χ2n) is 6.98. The van der Waals surface area contributed by atoms with Gasteiger partial charge in [0, 0.05) is 37.6 Å². The Kier molecular flexibility index (Phi) is 8.64. The van der Waals surface area contributed by atoms with Gasteiger partial charge in [0.15, 0.2) is 0 Å². The van der Waals surface area contributed by atoms with Gasteiger partial charge < -0.3 is 19.9 Å². The highest BCUT2D eigenvalue weighted by Crippen LogP contribution is 2.16. The monoisotopic (exact) mass is 402 g/mol. The Hall–Kier alpha value is -1.57. The van der Waals surface area contributed by atoms with E-state index in [-0.39, 0.29) is 0 Å². The molecule has 1 saturated heterocycles. The third kappa shape index (κ3) is 7.11. The predicted octanol–water partition coefficient (Wildman–Crippen LogP) is 2.77. The number of thioether (sulfide) groups is 1. The fourth-order valence-electron chi connectivity index (χ4n) is 3.17. The zero-order chi connectivity index (χ0) is 19.6. The second-order valence-corrected chi connectivity index (χ2v) is 7.86. The average molecular weight is 403 g/mol. The van der Waals surface area contributed by atoms with Crippen molar-refractivity contribution in [2.24, 2.45) is 0 Å². The minimum atomic E-state index is -0.496. The van der Waals surface area contributed by atoms with Crippen molar-refractivity contribution in [1.82, 2.24) is 10.2 Å². The van der Waals surface area contributed by atoms with Gasteiger partial charge in [-0.1, -0.05) is 24.3 Å². The van der Waals surface area contributed by atoms with Gasteiger partial charge in [-0.25, -0.2) is 0 Å². The Balaban J connectivity index is 1.40. The number of hydrogen-bond acceptors (Lipinski definition) is 6. The summed E-state index contributed by atoms with van der Waals surface area (Å²) in [5.74, 6) is 0.796. The van der Waals surface area contributed by atoms with Crippen LogP contribution in [0.15, 0.2) is 53.4 Å². The number of morpholine rings is 1. The summed E-state index contributed by atoms with van der Waals surface area (Å²) < 4.78 is 11.1. The summed E-state index contributed by atoms with van der Waals surface area (Å²) in [6.45, 7) is 5.76. The Bertz CT molecular complexity index is 705. The third-order valence-electron chi connectivity index (χ3n) is 4.73. The molecule has 2 aromatic rings. The number of ether oxygens (including phenoxy) is 2. The first-order chi connectivity index (χ1) is 13.7. The van der Waals surface area contributed by atoms with Crippen molar-refractivity contribution >= 4 is 11.8 Å². The molecule has 2 N–H and O–H groups in total. The molecular weight excluding hydrogens is 372 g/mol. The van der Waals surface area contributed by atoms with Gasteiger partial charge in [-0.3, -0.25) is 4.90 Å². The number of benzene rings is 2. The lowest BCUT2D eigenvalue weighted by Gasteiger charge is -2.28. The van der Waals surface area contributed by atoms with Gasteiger partial charge in [-0.15, -0.1) is 11.8 Å². The topological polar surface area (TPSA) is 54.0 Å². The van der Waals surface area contributed by atoms with Crippen molar-refractivity contribution in [3.05, 3.63) is 59.7 Å². The maximum absolute atomic E-state index is 10.2. The zero-order valence-electron chi connectivity index (χ0n) is 16.5. The van der Waals surface area contributed by atoms with Crippen LogP contribution in [0.5, 0.6) is 5.75 Å². The van der Waals surface area contributed by atoms with Crippen LogP contribution in [0.25, 0.3) is 0 Å². The number of nitrogens with zero attached hydrogens (tertiary/aromatic N) is 1. The molecule has 3 rings (SSSR count). The molecule has 1 unspecified atom stereocenters. The van der Waals surface area contributed by atoms with E-state index in [1.54, 1.807) is 11.8 Å². The van der Waals surface area contributed by atoms with Crippen LogP contribution in [0.2, 0.25) is 0 Å². The minimum Gasteiger partial charge on any atom is -0.491 e. The maximum Gasteiger partial charge on any atom is 0.119 e. The molecule has 6 heteroatoms. The molecule has 0 amide bonds. The fraction of sp³-hybridized carbons (Fsp3) is 0.455. The molecule has 28 heavy (non-hydrogen) atoms. The summed E-state index contributed by atoms with van der Waals surface area (Å²) in [6.07, 6.45) is 1.59. The molecule has 5 nitrogen and oxygen atoms in total. The molecule has 0 saturated carbocycles. The largest absolute Gasteiger partial charge is 0.491 e. The van der Waals surface area contributed by atoms with Crippen LogP contribution < -0.4 is 10.1 Å². The van der Waals surface area contributed by atoms with Gasteiger partial charge in [-0.05, 0) is 41.6 Å². The van der Waals surface area contributed by atoms with Gasteiger partial charge >= 0.3 is 0 Å². The molecular formula is C22H30N2O3S. The first-order valence-electron chi connectivity index (χ1n) is 9.76. The zero-order valence-corrected chi connectivity index (χ0v) is 17.3. The fourth-order valence-corrected chi connectivity index (χ4v) is 3.57. The molecule has 1 aliphatic rings. The Morgan fingerprint density at radius 2 is 1.86 bits per heavy atom. The number of β-amino-alcohol motifs (C(OH)–C–C–N with tert-alkyl or cyclic N) is 1. The van der Waals surface area contributed by atoms with Crippen LogP contribution in [0.1, 0.15) is 11.1 Å². The van der Waals surface area contributed by atoms with E-state index in [0.717, 1.165) is 45.1 Å². The molecule has 0 aromatic heterocycles. The van der Waals surface area contributed by atoms with E-state index in [1.165, 1.54) is 16.0 Å². The van der Waals surface area contributed by atoms with Gasteiger partial charge in [0.25, 0.3) is 0 Å². The van der Waals surface area contributed by atoms with Crippen LogP contribution in [0.3, 0.4) is 0 Å². The molecule has 1 heterocycles. The molecule has 1 aliphatic heterocycles. The summed E-state index contributed by atoms with van der Waals surface area (Å²) in [6, 6.07) is 16.7. The highest BCUT2D eigenvalue weighted by molar-refractivity contribution is 7.98. The van der Waals surface area contributed by atoms with E-state index in [1.807, 2.05) is 18.2 Å². The summed E-state index contributed by atoms with van der Waals surface area (Å²) in [7, 11) is 0. The predicted molar refractivity (Wildman–Crippen MR) is 114 cm³/mol. The maximum atomic E-state index is 10.2. The molecule has 1 atom stereocenters. The van der Waals surface area contributed by atoms with Crippen molar-refractivity contribution in [1.29, 1.82) is 0 Å². The van der Waals surface area contributed by atoms with E-state index >= 15 is 0 Å². The second kappa shape index (κ2) is 11.4. The summed E-state index contributed by atoms with van der Waals surface area (Å²) in [5, 5.41) is 13.7. The normalized spacial score (nSPS) is 16.1. The van der Waals surface area contributed by atoms with Crippen LogP contribution in [-0.4, -0.2) is 61.8 Å². The Morgan fingerprint density at radius 3 is 2.61 bits per heavy atom. The molecule has 1 fully saturated rings. The molecule has 0 aliphatic carbocycles. The number of nitrogens with one attached hydrogen (secondary N) is 1. The van der Waals surface area contributed by atoms with E-state index in [9.17, 15) is 5.11 Å². The van der Waals surface area contributed by atoms with Crippen LogP contribution >= 0.6 is 11.8 Å². The third-order valence-corrected chi connectivity index (χ3v) is 5.47. The lowest BCUT2D eigenvalue weighted by Crippen LogP contribution is -2.42. The summed E-state index contributed by atoms with van der Waals surface area (Å²) in [5.41, 5.74) is 2.44. The van der Waals surface area contributed by atoms with Crippen molar-refractivity contribution in [2.75, 3.05) is 45.7 Å². The number of rotatable bonds is 10. The number of aliphatic hydroxyl groups is 1. The molecule has 0 radical (unpaired) electrons. The molecule has 0 spiro atoms. The molecule has 152 valence electrons.